The Hall–Kier alpha value is -3.81. The highest BCUT2D eigenvalue weighted by molar-refractivity contribution is 5.93. The number of H-pyrrole nitrogens is 1. The van der Waals surface area contributed by atoms with Crippen LogP contribution in [0.25, 0.3) is 33.4 Å². The topological polar surface area (TPSA) is 104 Å². The molecule has 8 heteroatoms. The van der Waals surface area contributed by atoms with Gasteiger partial charge in [-0.25, -0.2) is 19.3 Å². The molecule has 0 aliphatic heterocycles. The fraction of sp³-hybridized carbons (Fsp3) is 0.308. The molecule has 3 aliphatic carbocycles. The molecule has 3 aromatic heterocycles. The molecule has 3 aliphatic rings. The highest BCUT2D eigenvalue weighted by Gasteiger charge is 2.47. The van der Waals surface area contributed by atoms with Gasteiger partial charge in [-0.15, -0.1) is 0 Å². The van der Waals surface area contributed by atoms with E-state index in [1.165, 1.54) is 6.33 Å². The molecule has 3 saturated carbocycles. The van der Waals surface area contributed by atoms with Crippen LogP contribution in [0.2, 0.25) is 0 Å². The van der Waals surface area contributed by atoms with Crippen molar-refractivity contribution in [2.75, 3.05) is 5.32 Å². The van der Waals surface area contributed by atoms with E-state index in [0.29, 0.717) is 16.9 Å². The van der Waals surface area contributed by atoms with Crippen molar-refractivity contribution in [2.24, 2.45) is 17.8 Å². The first kappa shape index (κ1) is 20.8. The second kappa shape index (κ2) is 8.20. The van der Waals surface area contributed by atoms with Gasteiger partial charge in [-0.05, 0) is 49.1 Å². The number of benzene rings is 1. The van der Waals surface area contributed by atoms with Crippen LogP contribution in [0.15, 0.2) is 55.1 Å². The van der Waals surface area contributed by atoms with Gasteiger partial charge in [0.25, 0.3) is 0 Å². The van der Waals surface area contributed by atoms with E-state index < -0.39 is 17.7 Å². The van der Waals surface area contributed by atoms with Crippen molar-refractivity contribution >= 4 is 22.8 Å². The zero-order valence-corrected chi connectivity index (χ0v) is 18.4. The first-order valence-electron chi connectivity index (χ1n) is 11.6. The third-order valence-electron chi connectivity index (χ3n) is 7.48. The first-order chi connectivity index (χ1) is 16.6. The summed E-state index contributed by atoms with van der Waals surface area (Å²) in [6, 6.07) is 10.7. The van der Waals surface area contributed by atoms with Crippen LogP contribution in [0.5, 0.6) is 0 Å². The van der Waals surface area contributed by atoms with Crippen molar-refractivity contribution in [1.82, 2.24) is 19.9 Å². The van der Waals surface area contributed by atoms with E-state index in [1.54, 1.807) is 18.5 Å². The highest BCUT2D eigenvalue weighted by Crippen LogP contribution is 2.47. The summed E-state index contributed by atoms with van der Waals surface area (Å²) < 4.78 is 15.9. The number of nitrogens with one attached hydrogen (secondary N) is 2. The summed E-state index contributed by atoms with van der Waals surface area (Å²) in [6.07, 6.45) is 8.71. The van der Waals surface area contributed by atoms with Crippen LogP contribution in [-0.2, 0) is 4.79 Å². The molecule has 2 unspecified atom stereocenters. The Kier molecular flexibility index (Phi) is 5.01. The molecule has 4 aromatic rings. The summed E-state index contributed by atoms with van der Waals surface area (Å²) in [5.74, 6) is -1.44. The number of hydrogen-bond acceptors (Lipinski definition) is 5. The predicted molar refractivity (Wildman–Crippen MR) is 126 cm³/mol. The van der Waals surface area contributed by atoms with Gasteiger partial charge in [0.1, 0.15) is 12.0 Å². The summed E-state index contributed by atoms with van der Waals surface area (Å²) in [5.41, 5.74) is 3.13. The van der Waals surface area contributed by atoms with Crippen LogP contribution >= 0.6 is 0 Å². The number of hydrogen-bond donors (Lipinski definition) is 3. The van der Waals surface area contributed by atoms with E-state index >= 15 is 4.39 Å². The fourth-order valence-electron chi connectivity index (χ4n) is 5.83. The highest BCUT2D eigenvalue weighted by atomic mass is 19.1. The minimum Gasteiger partial charge on any atom is -0.481 e. The van der Waals surface area contributed by atoms with Gasteiger partial charge in [0.05, 0.1) is 11.6 Å². The average molecular weight is 458 g/mol. The number of aromatic nitrogens is 4. The minimum absolute atomic E-state index is 0.0892. The third-order valence-corrected chi connectivity index (χ3v) is 7.48. The van der Waals surface area contributed by atoms with E-state index in [4.69, 9.17) is 0 Å². The third kappa shape index (κ3) is 3.41. The van der Waals surface area contributed by atoms with E-state index in [0.717, 1.165) is 42.2 Å². The predicted octanol–water partition coefficient (Wildman–Crippen LogP) is 5.13. The van der Waals surface area contributed by atoms with E-state index in [-0.39, 0.29) is 23.7 Å². The van der Waals surface area contributed by atoms with Crippen molar-refractivity contribution < 1.29 is 14.3 Å². The lowest BCUT2D eigenvalue weighted by molar-refractivity contribution is -0.148. The number of aromatic amines is 1. The average Bonchev–Trinajstić information content (AvgIpc) is 3.30. The number of carbonyl (C=O) groups is 1. The van der Waals surface area contributed by atoms with Gasteiger partial charge < -0.3 is 15.4 Å². The van der Waals surface area contributed by atoms with Gasteiger partial charge in [0, 0.05) is 34.9 Å². The second-order valence-electron chi connectivity index (χ2n) is 9.28. The summed E-state index contributed by atoms with van der Waals surface area (Å²) in [4.78, 5) is 28.3. The molecule has 7 rings (SSSR count). The van der Waals surface area contributed by atoms with Gasteiger partial charge in [0.2, 0.25) is 0 Å². The fourth-order valence-corrected chi connectivity index (χ4v) is 5.83. The molecule has 2 bridgehead atoms. The molecule has 3 heterocycles. The number of aliphatic carboxylic acids is 1. The number of nitrogens with zero attached hydrogens (tertiary/aromatic N) is 3. The van der Waals surface area contributed by atoms with E-state index in [9.17, 15) is 9.90 Å². The van der Waals surface area contributed by atoms with Crippen LogP contribution < -0.4 is 5.32 Å². The normalized spacial score (nSPS) is 23.8. The lowest BCUT2D eigenvalue weighted by Crippen LogP contribution is -2.51. The molecular weight excluding hydrogens is 433 g/mol. The SMILES string of the molecule is O=C(O)C1C2CCC(CC2)C1Nc1nc(-c2c[nH]c3ncncc23)cc(-c2ccccc2)c1F. The molecule has 2 atom stereocenters. The summed E-state index contributed by atoms with van der Waals surface area (Å²) >= 11 is 0. The lowest BCUT2D eigenvalue weighted by Gasteiger charge is -2.47. The first-order valence-corrected chi connectivity index (χ1v) is 11.6. The van der Waals surface area contributed by atoms with E-state index in [1.807, 2.05) is 30.3 Å². The zero-order chi connectivity index (χ0) is 23.2. The number of halogens is 1. The quantitative estimate of drug-likeness (QED) is 0.384. The van der Waals surface area contributed by atoms with Gasteiger partial charge in [-0.3, -0.25) is 4.79 Å². The molecule has 1 aromatic carbocycles. The Balaban J connectivity index is 1.49. The Morgan fingerprint density at radius 1 is 1.09 bits per heavy atom. The Labute approximate surface area is 195 Å². The molecule has 34 heavy (non-hydrogen) atoms. The molecule has 0 saturated heterocycles. The van der Waals surface area contributed by atoms with E-state index in [2.05, 4.69) is 25.3 Å². The van der Waals surface area contributed by atoms with Gasteiger partial charge in [-0.2, -0.15) is 0 Å². The summed E-state index contributed by atoms with van der Waals surface area (Å²) in [7, 11) is 0. The van der Waals surface area contributed by atoms with Crippen molar-refractivity contribution in [3.8, 4) is 22.4 Å². The lowest BCUT2D eigenvalue weighted by atomic mass is 9.61. The second-order valence-corrected chi connectivity index (χ2v) is 9.28. The van der Waals surface area contributed by atoms with Crippen LogP contribution in [-0.4, -0.2) is 37.1 Å². The number of carboxylic acids is 1. The van der Waals surface area contributed by atoms with Gasteiger partial charge >= 0.3 is 5.97 Å². The minimum atomic E-state index is -0.819. The molecule has 0 radical (unpaired) electrons. The van der Waals surface area contributed by atoms with Crippen LogP contribution in [0.1, 0.15) is 25.7 Å². The number of carboxylic acid groups (broad SMARTS) is 1. The number of anilines is 1. The monoisotopic (exact) mass is 457 g/mol. The smallest absolute Gasteiger partial charge is 0.308 e. The van der Waals surface area contributed by atoms with Crippen molar-refractivity contribution in [3.63, 3.8) is 0 Å². The molecule has 3 N–H and O–H groups in total. The van der Waals surface area contributed by atoms with Crippen LogP contribution in [0.4, 0.5) is 10.2 Å². The Morgan fingerprint density at radius 2 is 1.85 bits per heavy atom. The Bertz CT molecular complexity index is 1360. The largest absolute Gasteiger partial charge is 0.481 e. The molecule has 0 spiro atoms. The van der Waals surface area contributed by atoms with Crippen LogP contribution in [0, 0.1) is 23.6 Å². The van der Waals surface area contributed by atoms with Gasteiger partial charge in [-0.1, -0.05) is 30.3 Å². The number of pyridine rings is 1. The maximum Gasteiger partial charge on any atom is 0.308 e. The van der Waals surface area contributed by atoms with Crippen LogP contribution in [0.3, 0.4) is 0 Å². The zero-order valence-electron chi connectivity index (χ0n) is 18.4. The van der Waals surface area contributed by atoms with Gasteiger partial charge in [0.15, 0.2) is 11.6 Å². The van der Waals surface area contributed by atoms with Crippen molar-refractivity contribution in [1.29, 1.82) is 0 Å². The maximum atomic E-state index is 15.9. The molecule has 172 valence electrons. The maximum absolute atomic E-state index is 15.9. The summed E-state index contributed by atoms with van der Waals surface area (Å²) in [5, 5.41) is 14.0. The molecule has 3 fully saturated rings. The molecular formula is C26H24FN5O2. The number of rotatable bonds is 5. The Morgan fingerprint density at radius 3 is 2.62 bits per heavy atom. The van der Waals surface area contributed by atoms with Crippen molar-refractivity contribution in [2.45, 2.75) is 31.7 Å². The van der Waals surface area contributed by atoms with Crippen molar-refractivity contribution in [3.05, 3.63) is 60.9 Å². The summed E-state index contributed by atoms with van der Waals surface area (Å²) in [6.45, 7) is 0. The standard InChI is InChI=1S/C26H24FN5O2/c27-22-17(14-4-2-1-3-5-14)10-20(18-12-29-24-19(18)11-28-13-30-24)31-25(22)32-23-16-8-6-15(7-9-16)21(23)26(33)34/h1-5,10-13,15-16,21,23H,6-9H2,(H,31,32)(H,33,34)(H,28,29,30). The molecule has 0 amide bonds. The number of fused-ring (bicyclic) bond motifs is 4. The molecule has 7 nitrogen and oxygen atoms in total.